The van der Waals surface area contributed by atoms with E-state index in [1.807, 2.05) is 11.0 Å². The van der Waals surface area contributed by atoms with Gasteiger partial charge in [0.05, 0.1) is 12.0 Å². The Morgan fingerprint density at radius 1 is 1.45 bits per heavy atom. The first-order chi connectivity index (χ1) is 9.67. The second-order valence-electron chi connectivity index (χ2n) is 5.65. The Morgan fingerprint density at radius 3 is 2.90 bits per heavy atom. The van der Waals surface area contributed by atoms with Crippen molar-refractivity contribution in [3.05, 3.63) is 22.9 Å². The summed E-state index contributed by atoms with van der Waals surface area (Å²) >= 11 is 0. The van der Waals surface area contributed by atoms with Crippen molar-refractivity contribution in [1.29, 1.82) is 5.26 Å². The molecule has 1 aromatic heterocycles. The SMILES string of the molecule is N#Cc1cc2c(nc1N1CC(CC(=O)O)C1)CCCC2. The van der Waals surface area contributed by atoms with Crippen molar-refractivity contribution in [1.82, 2.24) is 4.98 Å². The molecule has 0 unspecified atom stereocenters. The fourth-order valence-corrected chi connectivity index (χ4v) is 3.06. The number of nitrogens with zero attached hydrogens (tertiary/aromatic N) is 3. The second kappa shape index (κ2) is 5.12. The molecule has 1 aromatic rings. The number of anilines is 1. The number of hydrogen-bond donors (Lipinski definition) is 1. The van der Waals surface area contributed by atoms with Crippen LogP contribution in [0.5, 0.6) is 0 Å². The monoisotopic (exact) mass is 271 g/mol. The van der Waals surface area contributed by atoms with Crippen molar-refractivity contribution < 1.29 is 9.90 Å². The maximum Gasteiger partial charge on any atom is 0.303 e. The van der Waals surface area contributed by atoms with Gasteiger partial charge in [-0.25, -0.2) is 4.98 Å². The van der Waals surface area contributed by atoms with Gasteiger partial charge in [-0.3, -0.25) is 4.79 Å². The molecule has 0 saturated carbocycles. The topological polar surface area (TPSA) is 77.2 Å². The molecule has 1 N–H and O–H groups in total. The van der Waals surface area contributed by atoms with Crippen molar-refractivity contribution in [2.24, 2.45) is 5.92 Å². The molecule has 104 valence electrons. The summed E-state index contributed by atoms with van der Waals surface area (Å²) in [6, 6.07) is 4.20. The molecule has 5 nitrogen and oxygen atoms in total. The molecule has 1 aliphatic carbocycles. The maximum absolute atomic E-state index is 10.7. The molecule has 2 heterocycles. The molecule has 0 aromatic carbocycles. The Labute approximate surface area is 117 Å². The van der Waals surface area contributed by atoms with E-state index >= 15 is 0 Å². The molecular weight excluding hydrogens is 254 g/mol. The molecule has 0 atom stereocenters. The number of rotatable bonds is 3. The first kappa shape index (κ1) is 12.9. The largest absolute Gasteiger partial charge is 0.481 e. The van der Waals surface area contributed by atoms with Crippen molar-refractivity contribution in [2.75, 3.05) is 18.0 Å². The number of fused-ring (bicyclic) bond motifs is 1. The van der Waals surface area contributed by atoms with Crippen LogP contribution in [0.3, 0.4) is 0 Å². The lowest BCUT2D eigenvalue weighted by Crippen LogP contribution is -2.48. The van der Waals surface area contributed by atoms with Crippen LogP contribution in [0.25, 0.3) is 0 Å². The Balaban J connectivity index is 1.80. The van der Waals surface area contributed by atoms with Gasteiger partial charge in [0.2, 0.25) is 0 Å². The van der Waals surface area contributed by atoms with Gasteiger partial charge in [0.15, 0.2) is 0 Å². The zero-order chi connectivity index (χ0) is 14.1. The molecule has 1 fully saturated rings. The first-order valence-corrected chi connectivity index (χ1v) is 7.07. The highest BCUT2D eigenvalue weighted by Gasteiger charge is 2.31. The van der Waals surface area contributed by atoms with Gasteiger partial charge in [-0.05, 0) is 37.3 Å². The Morgan fingerprint density at radius 2 is 2.20 bits per heavy atom. The van der Waals surface area contributed by atoms with Crippen LogP contribution in [-0.4, -0.2) is 29.1 Å². The number of aryl methyl sites for hydroxylation is 2. The van der Waals surface area contributed by atoms with Crippen LogP contribution < -0.4 is 4.90 Å². The van der Waals surface area contributed by atoms with Gasteiger partial charge < -0.3 is 10.0 Å². The molecule has 0 bridgehead atoms. The Bertz CT molecular complexity index is 586. The van der Waals surface area contributed by atoms with E-state index in [4.69, 9.17) is 5.11 Å². The molecule has 0 amide bonds. The van der Waals surface area contributed by atoms with Crippen LogP contribution in [0, 0.1) is 17.2 Å². The van der Waals surface area contributed by atoms with E-state index in [-0.39, 0.29) is 12.3 Å². The summed E-state index contributed by atoms with van der Waals surface area (Å²) in [5, 5.41) is 18.1. The predicted molar refractivity (Wildman–Crippen MR) is 73.5 cm³/mol. The number of pyridine rings is 1. The number of carboxylic acid groups (broad SMARTS) is 1. The molecule has 0 radical (unpaired) electrons. The molecule has 1 saturated heterocycles. The minimum Gasteiger partial charge on any atom is -0.481 e. The number of carboxylic acids is 1. The summed E-state index contributed by atoms with van der Waals surface area (Å²) in [6.07, 6.45) is 4.53. The standard InChI is InChI=1S/C15H17N3O2/c16-7-12-6-11-3-1-2-4-13(11)17-15(12)18-8-10(9-18)5-14(19)20/h6,10H,1-5,8-9H2,(H,19,20). The summed E-state index contributed by atoms with van der Waals surface area (Å²) in [7, 11) is 0. The summed E-state index contributed by atoms with van der Waals surface area (Å²) in [5.41, 5.74) is 2.95. The van der Waals surface area contributed by atoms with E-state index in [1.165, 1.54) is 12.0 Å². The molecular formula is C15H17N3O2. The van der Waals surface area contributed by atoms with Crippen molar-refractivity contribution in [3.63, 3.8) is 0 Å². The van der Waals surface area contributed by atoms with Crippen LogP contribution in [0.2, 0.25) is 0 Å². The maximum atomic E-state index is 10.7. The number of aliphatic carboxylic acids is 1. The van der Waals surface area contributed by atoms with Gasteiger partial charge >= 0.3 is 5.97 Å². The zero-order valence-corrected chi connectivity index (χ0v) is 11.3. The number of aromatic nitrogens is 1. The third kappa shape index (κ3) is 2.34. The highest BCUT2D eigenvalue weighted by atomic mass is 16.4. The lowest BCUT2D eigenvalue weighted by molar-refractivity contribution is -0.138. The van der Waals surface area contributed by atoms with Gasteiger partial charge in [-0.2, -0.15) is 5.26 Å². The fourth-order valence-electron chi connectivity index (χ4n) is 3.06. The molecule has 1 aliphatic heterocycles. The average Bonchev–Trinajstić information content (AvgIpc) is 2.40. The highest BCUT2D eigenvalue weighted by Crippen LogP contribution is 2.31. The molecule has 3 rings (SSSR count). The van der Waals surface area contributed by atoms with E-state index in [2.05, 4.69) is 11.1 Å². The Hall–Kier alpha value is -2.09. The quantitative estimate of drug-likeness (QED) is 0.906. The van der Waals surface area contributed by atoms with Crippen molar-refractivity contribution >= 4 is 11.8 Å². The summed E-state index contributed by atoms with van der Waals surface area (Å²) in [6.45, 7) is 1.37. The van der Waals surface area contributed by atoms with Gasteiger partial charge in [-0.15, -0.1) is 0 Å². The minimum absolute atomic E-state index is 0.178. The molecule has 2 aliphatic rings. The van der Waals surface area contributed by atoms with Crippen LogP contribution in [0.15, 0.2) is 6.07 Å². The van der Waals surface area contributed by atoms with Crippen LogP contribution in [0.4, 0.5) is 5.82 Å². The van der Waals surface area contributed by atoms with Gasteiger partial charge in [-0.1, -0.05) is 0 Å². The smallest absolute Gasteiger partial charge is 0.303 e. The normalized spacial score (nSPS) is 18.1. The fraction of sp³-hybridized carbons (Fsp3) is 0.533. The summed E-state index contributed by atoms with van der Waals surface area (Å²) in [5.74, 6) is 0.167. The Kier molecular flexibility index (Phi) is 3.31. The summed E-state index contributed by atoms with van der Waals surface area (Å²) < 4.78 is 0. The minimum atomic E-state index is -0.756. The number of nitriles is 1. The first-order valence-electron chi connectivity index (χ1n) is 7.07. The van der Waals surface area contributed by atoms with Gasteiger partial charge in [0.25, 0.3) is 0 Å². The van der Waals surface area contributed by atoms with E-state index in [0.717, 1.165) is 30.8 Å². The van der Waals surface area contributed by atoms with Gasteiger partial charge in [0, 0.05) is 24.7 Å². The van der Waals surface area contributed by atoms with Crippen LogP contribution in [-0.2, 0) is 17.6 Å². The second-order valence-corrected chi connectivity index (χ2v) is 5.65. The van der Waals surface area contributed by atoms with Crippen molar-refractivity contribution in [2.45, 2.75) is 32.1 Å². The molecule has 20 heavy (non-hydrogen) atoms. The van der Waals surface area contributed by atoms with Crippen molar-refractivity contribution in [3.8, 4) is 6.07 Å². The molecule has 5 heteroatoms. The lowest BCUT2D eigenvalue weighted by Gasteiger charge is -2.40. The van der Waals surface area contributed by atoms with E-state index < -0.39 is 5.97 Å². The third-order valence-electron chi connectivity index (χ3n) is 4.12. The molecule has 0 spiro atoms. The zero-order valence-electron chi connectivity index (χ0n) is 11.3. The predicted octanol–water partition coefficient (Wildman–Crippen LogP) is 1.74. The van der Waals surface area contributed by atoms with Crippen LogP contribution >= 0.6 is 0 Å². The van der Waals surface area contributed by atoms with E-state index in [9.17, 15) is 10.1 Å². The third-order valence-corrected chi connectivity index (χ3v) is 4.12. The van der Waals surface area contributed by atoms with Crippen LogP contribution in [0.1, 0.15) is 36.1 Å². The highest BCUT2D eigenvalue weighted by molar-refractivity contribution is 5.68. The van der Waals surface area contributed by atoms with E-state index in [1.54, 1.807) is 0 Å². The number of hydrogen-bond acceptors (Lipinski definition) is 4. The van der Waals surface area contributed by atoms with E-state index in [0.29, 0.717) is 18.7 Å². The van der Waals surface area contributed by atoms with Gasteiger partial charge in [0.1, 0.15) is 11.9 Å². The average molecular weight is 271 g/mol. The lowest BCUT2D eigenvalue weighted by atomic mass is 9.93. The number of carbonyl (C=O) groups is 1. The summed E-state index contributed by atoms with van der Waals surface area (Å²) in [4.78, 5) is 17.4.